The molecule has 1 aliphatic carbocycles. The van der Waals surface area contributed by atoms with Crippen molar-refractivity contribution in [2.75, 3.05) is 13.7 Å². The zero-order valence-electron chi connectivity index (χ0n) is 15.3. The highest BCUT2D eigenvalue weighted by Gasteiger charge is 2.25. The number of aromatic amines is 1. The van der Waals surface area contributed by atoms with Crippen molar-refractivity contribution in [1.29, 1.82) is 0 Å². The monoisotopic (exact) mass is 354 g/mol. The molecule has 138 valence electrons. The van der Waals surface area contributed by atoms with E-state index >= 15 is 0 Å². The number of methoxy groups -OCH3 is 1. The van der Waals surface area contributed by atoms with E-state index in [0.29, 0.717) is 12.5 Å². The number of hydrogen-bond acceptors (Lipinski definition) is 5. The topological polar surface area (TPSA) is 71.1 Å². The summed E-state index contributed by atoms with van der Waals surface area (Å²) < 4.78 is 5.42. The van der Waals surface area contributed by atoms with Crippen molar-refractivity contribution in [3.63, 3.8) is 0 Å². The lowest BCUT2D eigenvalue weighted by atomic mass is 9.88. The quantitative estimate of drug-likeness (QED) is 0.914. The zero-order chi connectivity index (χ0) is 17.9. The largest absolute Gasteiger partial charge is 0.496 e. The lowest BCUT2D eigenvalue weighted by molar-refractivity contribution is 0.237. The third-order valence-corrected chi connectivity index (χ3v) is 5.63. The normalized spacial score (nSPS) is 18.5. The highest BCUT2D eigenvalue weighted by Crippen LogP contribution is 2.31. The fourth-order valence-corrected chi connectivity index (χ4v) is 4.18. The van der Waals surface area contributed by atoms with Crippen LogP contribution >= 0.6 is 0 Å². The third kappa shape index (κ3) is 3.51. The van der Waals surface area contributed by atoms with E-state index in [9.17, 15) is 4.79 Å². The number of fused-ring (bicyclic) bond motifs is 1. The molecule has 2 aromatic heterocycles. The summed E-state index contributed by atoms with van der Waals surface area (Å²) in [6.45, 7) is 2.24. The van der Waals surface area contributed by atoms with E-state index in [-0.39, 0.29) is 5.56 Å². The Morgan fingerprint density at radius 2 is 2.15 bits per heavy atom. The Morgan fingerprint density at radius 1 is 1.31 bits per heavy atom. The molecule has 2 aliphatic rings. The van der Waals surface area contributed by atoms with Gasteiger partial charge in [0.25, 0.3) is 5.56 Å². The minimum Gasteiger partial charge on any atom is -0.496 e. The molecule has 0 spiro atoms. The third-order valence-electron chi connectivity index (χ3n) is 5.63. The summed E-state index contributed by atoms with van der Waals surface area (Å²) in [7, 11) is 1.67. The molecule has 3 heterocycles. The minimum absolute atomic E-state index is 0.0402. The highest BCUT2D eigenvalue weighted by atomic mass is 16.5. The van der Waals surface area contributed by atoms with Gasteiger partial charge < -0.3 is 9.72 Å². The van der Waals surface area contributed by atoms with E-state index in [1.807, 2.05) is 12.3 Å². The number of hydrogen-bond donors (Lipinski definition) is 1. The van der Waals surface area contributed by atoms with Gasteiger partial charge in [-0.1, -0.05) is 19.3 Å². The Balaban J connectivity index is 1.53. The molecule has 2 aromatic rings. The van der Waals surface area contributed by atoms with Crippen LogP contribution in [0.5, 0.6) is 5.75 Å². The van der Waals surface area contributed by atoms with Crippen molar-refractivity contribution in [1.82, 2.24) is 19.9 Å². The summed E-state index contributed by atoms with van der Waals surface area (Å²) in [6, 6.07) is 1.87. The van der Waals surface area contributed by atoms with Crippen molar-refractivity contribution in [3.05, 3.63) is 51.5 Å². The maximum atomic E-state index is 12.7. The lowest BCUT2D eigenvalue weighted by Gasteiger charge is -2.29. The molecule has 1 saturated carbocycles. The predicted molar refractivity (Wildman–Crippen MR) is 99.3 cm³/mol. The van der Waals surface area contributed by atoms with Gasteiger partial charge in [-0.15, -0.1) is 0 Å². The average Bonchev–Trinajstić information content (AvgIpc) is 2.69. The molecular formula is C20H26N4O2. The number of H-pyrrole nitrogens is 1. The van der Waals surface area contributed by atoms with Crippen LogP contribution in [0.2, 0.25) is 0 Å². The molecule has 1 aliphatic heterocycles. The van der Waals surface area contributed by atoms with Crippen LogP contribution in [-0.2, 0) is 19.5 Å². The summed E-state index contributed by atoms with van der Waals surface area (Å²) in [5.41, 5.74) is 2.89. The predicted octanol–water partition coefficient (Wildman–Crippen LogP) is 2.78. The van der Waals surface area contributed by atoms with Gasteiger partial charge in [0.1, 0.15) is 11.6 Å². The first kappa shape index (κ1) is 17.2. The van der Waals surface area contributed by atoms with Crippen molar-refractivity contribution in [2.24, 2.45) is 0 Å². The first-order chi connectivity index (χ1) is 12.7. The van der Waals surface area contributed by atoms with E-state index in [0.717, 1.165) is 60.7 Å². The van der Waals surface area contributed by atoms with Gasteiger partial charge in [0.05, 0.1) is 18.4 Å². The van der Waals surface area contributed by atoms with Crippen LogP contribution in [0.3, 0.4) is 0 Å². The van der Waals surface area contributed by atoms with E-state index < -0.39 is 0 Å². The number of ether oxygens (including phenoxy) is 1. The van der Waals surface area contributed by atoms with E-state index in [2.05, 4.69) is 14.9 Å². The molecule has 1 N–H and O–H groups in total. The molecule has 0 amide bonds. The number of nitrogens with one attached hydrogen (secondary N) is 1. The van der Waals surface area contributed by atoms with Crippen LogP contribution in [0.25, 0.3) is 0 Å². The second-order valence-corrected chi connectivity index (χ2v) is 7.36. The van der Waals surface area contributed by atoms with Gasteiger partial charge in [-0.2, -0.15) is 0 Å². The average molecular weight is 354 g/mol. The molecule has 0 aromatic carbocycles. The Labute approximate surface area is 153 Å². The van der Waals surface area contributed by atoms with Crippen LogP contribution in [-0.4, -0.2) is 33.5 Å². The van der Waals surface area contributed by atoms with E-state index in [1.165, 1.54) is 19.3 Å². The van der Waals surface area contributed by atoms with Crippen LogP contribution < -0.4 is 10.3 Å². The summed E-state index contributed by atoms with van der Waals surface area (Å²) in [5.74, 6) is 2.18. The maximum Gasteiger partial charge on any atom is 0.255 e. The molecular weight excluding hydrogens is 328 g/mol. The van der Waals surface area contributed by atoms with Gasteiger partial charge in [-0.25, -0.2) is 4.98 Å². The second kappa shape index (κ2) is 7.58. The van der Waals surface area contributed by atoms with Crippen molar-refractivity contribution in [2.45, 2.75) is 57.5 Å². The summed E-state index contributed by atoms with van der Waals surface area (Å²) in [6.07, 6.45) is 10.5. The van der Waals surface area contributed by atoms with Crippen molar-refractivity contribution >= 4 is 0 Å². The molecule has 0 atom stereocenters. The molecule has 6 nitrogen and oxygen atoms in total. The molecule has 26 heavy (non-hydrogen) atoms. The van der Waals surface area contributed by atoms with Gasteiger partial charge in [-0.05, 0) is 18.9 Å². The second-order valence-electron chi connectivity index (χ2n) is 7.36. The molecule has 1 fully saturated rings. The van der Waals surface area contributed by atoms with Crippen molar-refractivity contribution in [3.8, 4) is 5.75 Å². The SMILES string of the molecule is COc1ccncc1CN1CCc2nc(C3CCCCC3)[nH]c(=O)c2C1. The van der Waals surface area contributed by atoms with Crippen molar-refractivity contribution < 1.29 is 4.74 Å². The molecule has 0 bridgehead atoms. The van der Waals surface area contributed by atoms with Gasteiger partial charge in [0.2, 0.25) is 0 Å². The Morgan fingerprint density at radius 3 is 2.96 bits per heavy atom. The summed E-state index contributed by atoms with van der Waals surface area (Å²) >= 11 is 0. The summed E-state index contributed by atoms with van der Waals surface area (Å²) in [5, 5.41) is 0. The Kier molecular flexibility index (Phi) is 5.02. The standard InChI is InChI=1S/C20H26N4O2/c1-26-18-7-9-21-11-15(18)12-24-10-8-17-16(13-24)20(25)23-19(22-17)14-5-3-2-4-6-14/h7,9,11,14H,2-6,8,10,12-13H2,1H3,(H,22,23,25). The lowest BCUT2D eigenvalue weighted by Crippen LogP contribution is -2.36. The Hall–Kier alpha value is -2.21. The van der Waals surface area contributed by atoms with Crippen LogP contribution in [0, 0.1) is 0 Å². The fourth-order valence-electron chi connectivity index (χ4n) is 4.18. The number of aromatic nitrogens is 3. The van der Waals surface area contributed by atoms with E-state index in [4.69, 9.17) is 9.72 Å². The fraction of sp³-hybridized carbons (Fsp3) is 0.550. The first-order valence-electron chi connectivity index (χ1n) is 9.56. The zero-order valence-corrected chi connectivity index (χ0v) is 15.3. The highest BCUT2D eigenvalue weighted by molar-refractivity contribution is 5.30. The van der Waals surface area contributed by atoms with Gasteiger partial charge in [-0.3, -0.25) is 14.7 Å². The van der Waals surface area contributed by atoms with Crippen LogP contribution in [0.4, 0.5) is 0 Å². The molecule has 0 radical (unpaired) electrons. The maximum absolute atomic E-state index is 12.7. The smallest absolute Gasteiger partial charge is 0.255 e. The first-order valence-corrected chi connectivity index (χ1v) is 9.56. The van der Waals surface area contributed by atoms with Gasteiger partial charge >= 0.3 is 0 Å². The van der Waals surface area contributed by atoms with E-state index in [1.54, 1.807) is 13.3 Å². The van der Waals surface area contributed by atoms with Gasteiger partial charge in [0.15, 0.2) is 0 Å². The van der Waals surface area contributed by atoms with Crippen LogP contribution in [0.15, 0.2) is 23.3 Å². The summed E-state index contributed by atoms with van der Waals surface area (Å²) in [4.78, 5) is 27.1. The minimum atomic E-state index is 0.0402. The molecule has 0 unspecified atom stereocenters. The molecule has 0 saturated heterocycles. The Bertz CT molecular complexity index is 827. The molecule has 4 rings (SSSR count). The number of rotatable bonds is 4. The molecule has 6 heteroatoms. The number of nitrogens with zero attached hydrogens (tertiary/aromatic N) is 3. The van der Waals surface area contributed by atoms with Gasteiger partial charge in [0, 0.05) is 49.9 Å². The number of pyridine rings is 1. The van der Waals surface area contributed by atoms with Crippen LogP contribution in [0.1, 0.15) is 60.7 Å².